The number of carbonyl (C=O) groups is 2. The van der Waals surface area contributed by atoms with Crippen LogP contribution >= 0.6 is 0 Å². The van der Waals surface area contributed by atoms with Crippen LogP contribution in [0.2, 0.25) is 0 Å². The van der Waals surface area contributed by atoms with Gasteiger partial charge >= 0.3 is 11.9 Å². The lowest BCUT2D eigenvalue weighted by Gasteiger charge is -2.57. The highest BCUT2D eigenvalue weighted by atomic mass is 16.5. The SMILES string of the molecule is COC(=O)C[C@@H](CC[C@H]1C(C)=CC[C@H]2C(C)(C)CCC[C@]12C)C(=O)OC. The van der Waals surface area contributed by atoms with Crippen molar-refractivity contribution in [3.8, 4) is 0 Å². The summed E-state index contributed by atoms with van der Waals surface area (Å²) in [6, 6.07) is 0. The van der Waals surface area contributed by atoms with Gasteiger partial charge < -0.3 is 9.47 Å². The minimum atomic E-state index is -0.416. The van der Waals surface area contributed by atoms with Crippen molar-refractivity contribution in [3.63, 3.8) is 0 Å². The standard InChI is InChI=1S/C22H36O4/c1-15-8-11-18-21(2,3)12-7-13-22(18,4)17(15)10-9-16(20(24)26-6)14-19(23)25-5/h8,16-18H,7,9-14H2,1-6H3/t16-,17+,18+,22-/m1/s1. The van der Waals surface area contributed by atoms with Gasteiger partial charge in [0.15, 0.2) is 0 Å². The zero-order valence-electron chi connectivity index (χ0n) is 17.4. The van der Waals surface area contributed by atoms with Crippen LogP contribution in [0.25, 0.3) is 0 Å². The highest BCUT2D eigenvalue weighted by molar-refractivity contribution is 5.79. The van der Waals surface area contributed by atoms with Crippen LogP contribution in [-0.4, -0.2) is 26.2 Å². The fourth-order valence-corrected chi connectivity index (χ4v) is 5.82. The van der Waals surface area contributed by atoms with Crippen LogP contribution in [0.4, 0.5) is 0 Å². The zero-order valence-corrected chi connectivity index (χ0v) is 17.4. The molecule has 2 aliphatic carbocycles. The average Bonchev–Trinajstić information content (AvgIpc) is 2.58. The Balaban J connectivity index is 2.17. The van der Waals surface area contributed by atoms with Crippen LogP contribution in [0.15, 0.2) is 11.6 Å². The first-order valence-corrected chi connectivity index (χ1v) is 9.97. The summed E-state index contributed by atoms with van der Waals surface area (Å²) in [5.74, 6) is 0.0683. The maximum atomic E-state index is 12.1. The summed E-state index contributed by atoms with van der Waals surface area (Å²) in [7, 11) is 2.75. The molecule has 0 amide bonds. The Labute approximate surface area is 158 Å². The Morgan fingerprint density at radius 2 is 1.88 bits per heavy atom. The molecular weight excluding hydrogens is 328 g/mol. The highest BCUT2D eigenvalue weighted by Crippen LogP contribution is 2.60. The molecule has 2 aliphatic rings. The first-order valence-electron chi connectivity index (χ1n) is 9.97. The van der Waals surface area contributed by atoms with Crippen molar-refractivity contribution in [2.75, 3.05) is 14.2 Å². The molecule has 1 fully saturated rings. The van der Waals surface area contributed by atoms with Crippen molar-refractivity contribution >= 4 is 11.9 Å². The minimum Gasteiger partial charge on any atom is -0.469 e. The third-order valence-corrected chi connectivity index (χ3v) is 7.28. The fourth-order valence-electron chi connectivity index (χ4n) is 5.82. The molecule has 1 saturated carbocycles. The molecule has 0 heterocycles. The number of methoxy groups -OCH3 is 2. The third kappa shape index (κ3) is 4.15. The molecule has 26 heavy (non-hydrogen) atoms. The molecule has 0 aromatic heterocycles. The Kier molecular flexibility index (Phi) is 6.57. The van der Waals surface area contributed by atoms with Crippen LogP contribution < -0.4 is 0 Å². The van der Waals surface area contributed by atoms with Crippen molar-refractivity contribution in [1.82, 2.24) is 0 Å². The maximum Gasteiger partial charge on any atom is 0.309 e. The Morgan fingerprint density at radius 3 is 2.50 bits per heavy atom. The Bertz CT molecular complexity index is 562. The lowest BCUT2D eigenvalue weighted by atomic mass is 9.48. The smallest absolute Gasteiger partial charge is 0.309 e. The summed E-state index contributed by atoms with van der Waals surface area (Å²) in [4.78, 5) is 23.8. The lowest BCUT2D eigenvalue weighted by molar-refractivity contribution is -0.152. The molecule has 4 heteroatoms. The van der Waals surface area contributed by atoms with E-state index in [4.69, 9.17) is 9.47 Å². The summed E-state index contributed by atoms with van der Waals surface area (Å²) in [5.41, 5.74) is 2.08. The summed E-state index contributed by atoms with van der Waals surface area (Å²) in [5, 5.41) is 0. The summed E-state index contributed by atoms with van der Waals surface area (Å²) < 4.78 is 9.69. The molecule has 0 aliphatic heterocycles. The second-order valence-electron chi connectivity index (χ2n) is 9.21. The van der Waals surface area contributed by atoms with Gasteiger partial charge in [0.1, 0.15) is 0 Å². The van der Waals surface area contributed by atoms with Gasteiger partial charge in [-0.1, -0.05) is 38.8 Å². The van der Waals surface area contributed by atoms with Crippen LogP contribution in [0.1, 0.15) is 72.6 Å². The average molecular weight is 365 g/mol. The van der Waals surface area contributed by atoms with E-state index in [1.54, 1.807) is 0 Å². The van der Waals surface area contributed by atoms with Crippen molar-refractivity contribution in [1.29, 1.82) is 0 Å². The van der Waals surface area contributed by atoms with Crippen molar-refractivity contribution in [2.45, 2.75) is 72.6 Å². The molecule has 4 atom stereocenters. The van der Waals surface area contributed by atoms with E-state index in [9.17, 15) is 9.59 Å². The molecule has 0 bridgehead atoms. The quantitative estimate of drug-likeness (QED) is 0.496. The van der Waals surface area contributed by atoms with Crippen LogP contribution in [0.5, 0.6) is 0 Å². The number of allylic oxidation sites excluding steroid dienone is 2. The number of fused-ring (bicyclic) bond motifs is 1. The van der Waals surface area contributed by atoms with Gasteiger partial charge in [-0.25, -0.2) is 0 Å². The second-order valence-corrected chi connectivity index (χ2v) is 9.21. The molecular formula is C22H36O4. The normalized spacial score (nSPS) is 31.4. The number of hydrogen-bond donors (Lipinski definition) is 0. The zero-order chi connectivity index (χ0) is 19.5. The predicted molar refractivity (Wildman–Crippen MR) is 102 cm³/mol. The largest absolute Gasteiger partial charge is 0.469 e. The Morgan fingerprint density at radius 1 is 1.19 bits per heavy atom. The van der Waals surface area contributed by atoms with Gasteiger partial charge in [-0.2, -0.15) is 0 Å². The molecule has 0 aromatic carbocycles. The molecule has 0 radical (unpaired) electrons. The van der Waals surface area contributed by atoms with E-state index in [1.807, 2.05) is 0 Å². The molecule has 0 saturated heterocycles. The maximum absolute atomic E-state index is 12.1. The summed E-state index contributed by atoms with van der Waals surface area (Å²) >= 11 is 0. The Hall–Kier alpha value is -1.32. The van der Waals surface area contributed by atoms with Gasteiger partial charge in [0, 0.05) is 0 Å². The van der Waals surface area contributed by atoms with Gasteiger partial charge in [0.05, 0.1) is 26.6 Å². The van der Waals surface area contributed by atoms with E-state index < -0.39 is 5.92 Å². The van der Waals surface area contributed by atoms with E-state index in [1.165, 1.54) is 39.1 Å². The number of carbonyl (C=O) groups excluding carboxylic acids is 2. The fraction of sp³-hybridized carbons (Fsp3) is 0.818. The number of hydrogen-bond acceptors (Lipinski definition) is 4. The molecule has 2 rings (SSSR count). The van der Waals surface area contributed by atoms with Crippen LogP contribution in [0.3, 0.4) is 0 Å². The predicted octanol–water partition coefficient (Wildman–Crippen LogP) is 4.92. The van der Waals surface area contributed by atoms with Crippen molar-refractivity contribution in [3.05, 3.63) is 11.6 Å². The summed E-state index contributed by atoms with van der Waals surface area (Å²) in [6.07, 6.45) is 9.07. The number of ether oxygens (including phenoxy) is 2. The third-order valence-electron chi connectivity index (χ3n) is 7.28. The molecule has 148 valence electrons. The van der Waals surface area contributed by atoms with Gasteiger partial charge in [0.25, 0.3) is 0 Å². The van der Waals surface area contributed by atoms with Crippen molar-refractivity contribution < 1.29 is 19.1 Å². The molecule has 0 unspecified atom stereocenters. The van der Waals surface area contributed by atoms with Gasteiger partial charge in [-0.3, -0.25) is 9.59 Å². The van der Waals surface area contributed by atoms with Crippen LogP contribution in [0, 0.1) is 28.6 Å². The summed E-state index contributed by atoms with van der Waals surface area (Å²) in [6.45, 7) is 9.51. The van der Waals surface area contributed by atoms with E-state index in [2.05, 4.69) is 33.8 Å². The van der Waals surface area contributed by atoms with Gasteiger partial charge in [-0.05, 0) is 61.7 Å². The highest BCUT2D eigenvalue weighted by Gasteiger charge is 2.51. The van der Waals surface area contributed by atoms with E-state index in [0.29, 0.717) is 23.7 Å². The van der Waals surface area contributed by atoms with Crippen LogP contribution in [-0.2, 0) is 19.1 Å². The topological polar surface area (TPSA) is 52.6 Å². The first-order chi connectivity index (χ1) is 12.2. The van der Waals surface area contributed by atoms with Crippen molar-refractivity contribution in [2.24, 2.45) is 28.6 Å². The first kappa shape index (κ1) is 21.0. The van der Waals surface area contributed by atoms with E-state index in [0.717, 1.165) is 12.8 Å². The minimum absolute atomic E-state index is 0.101. The lowest BCUT2D eigenvalue weighted by Crippen LogP contribution is -2.48. The second kappa shape index (κ2) is 8.14. The molecule has 0 aromatic rings. The molecule has 0 spiro atoms. The molecule has 0 N–H and O–H groups in total. The van der Waals surface area contributed by atoms with E-state index >= 15 is 0 Å². The van der Waals surface area contributed by atoms with Gasteiger partial charge in [0.2, 0.25) is 0 Å². The monoisotopic (exact) mass is 364 g/mol. The number of esters is 2. The number of rotatable bonds is 6. The molecule has 4 nitrogen and oxygen atoms in total. The van der Waals surface area contributed by atoms with Gasteiger partial charge in [-0.15, -0.1) is 0 Å². The van der Waals surface area contributed by atoms with E-state index in [-0.39, 0.29) is 23.8 Å².